The average molecular weight is 413 g/mol. The highest BCUT2D eigenvalue weighted by molar-refractivity contribution is 7.19. The lowest BCUT2D eigenvalue weighted by Crippen LogP contribution is -2.11. The van der Waals surface area contributed by atoms with Crippen molar-refractivity contribution in [3.8, 4) is 22.2 Å². The number of alkyl halides is 2. The maximum Gasteiger partial charge on any atom is 0.320 e. The first-order chi connectivity index (χ1) is 12.9. The van der Waals surface area contributed by atoms with Crippen LogP contribution in [-0.4, -0.2) is 27.2 Å². The molecule has 0 radical (unpaired) electrons. The van der Waals surface area contributed by atoms with Crippen molar-refractivity contribution < 1.29 is 23.0 Å². The molecule has 0 unspecified atom stereocenters. The molecule has 3 heterocycles. The van der Waals surface area contributed by atoms with Crippen molar-refractivity contribution >= 4 is 34.0 Å². The van der Waals surface area contributed by atoms with Crippen LogP contribution in [0.5, 0.6) is 11.5 Å². The lowest BCUT2D eigenvalue weighted by molar-refractivity contribution is 0.0720. The van der Waals surface area contributed by atoms with Crippen molar-refractivity contribution in [2.75, 3.05) is 12.1 Å². The summed E-state index contributed by atoms with van der Waals surface area (Å²) in [5.41, 5.74) is 0.736. The molecule has 0 aliphatic carbocycles. The number of hydrogen-bond acceptors (Lipinski definition) is 6. The van der Waals surface area contributed by atoms with Gasteiger partial charge in [0.15, 0.2) is 22.5 Å². The highest BCUT2D eigenvalue weighted by Crippen LogP contribution is 2.40. The number of rotatable bonds is 4. The van der Waals surface area contributed by atoms with Crippen LogP contribution in [-0.2, 0) is 0 Å². The number of carbonyl (C=O) groups is 1. The molecule has 0 fully saturated rings. The lowest BCUT2D eigenvalue weighted by atomic mass is 10.2. The van der Waals surface area contributed by atoms with Crippen molar-refractivity contribution in [1.29, 1.82) is 0 Å². The molecular weight excluding hydrogens is 402 g/mol. The molecule has 7 nitrogen and oxygen atoms in total. The third kappa shape index (κ3) is 3.21. The first kappa shape index (κ1) is 17.7. The van der Waals surface area contributed by atoms with Crippen molar-refractivity contribution in [2.45, 2.75) is 13.5 Å². The predicted octanol–water partition coefficient (Wildman–Crippen LogP) is 4.34. The number of benzene rings is 1. The fourth-order valence-corrected chi connectivity index (χ4v) is 3.80. The quantitative estimate of drug-likeness (QED) is 0.689. The number of imidazole rings is 1. The van der Waals surface area contributed by atoms with E-state index in [4.69, 9.17) is 21.1 Å². The minimum Gasteiger partial charge on any atom is -0.454 e. The van der Waals surface area contributed by atoms with Crippen LogP contribution in [0.3, 0.4) is 0 Å². The Kier molecular flexibility index (Phi) is 4.44. The van der Waals surface area contributed by atoms with Crippen LogP contribution in [0.1, 0.15) is 22.6 Å². The summed E-state index contributed by atoms with van der Waals surface area (Å²) in [6.07, 6.45) is 2.47. The standard InChI is InChI=1S/C16H11ClF2N4O3S/c1-7-12(13-20-2-3-23(13)15(18)19)27-16(21-7)22-14(24)8-4-9(17)11-10(5-8)25-6-26-11/h2-5,15H,6H2,1H3,(H,21,22,24). The van der Waals surface area contributed by atoms with Crippen LogP contribution in [0.25, 0.3) is 10.7 Å². The first-order valence-electron chi connectivity index (χ1n) is 7.63. The van der Waals surface area contributed by atoms with Gasteiger partial charge >= 0.3 is 6.55 Å². The number of thiazole rings is 1. The number of aryl methyl sites for hydroxylation is 1. The Morgan fingerprint density at radius 2 is 2.22 bits per heavy atom. The Hall–Kier alpha value is -2.72. The molecule has 3 aromatic rings. The van der Waals surface area contributed by atoms with Gasteiger partial charge in [0.05, 0.1) is 15.6 Å². The third-order valence-corrected chi connectivity index (χ3v) is 5.14. The van der Waals surface area contributed by atoms with Gasteiger partial charge in [-0.15, -0.1) is 0 Å². The molecule has 0 atom stereocenters. The monoisotopic (exact) mass is 412 g/mol. The molecular formula is C16H11ClF2N4O3S. The van der Waals surface area contributed by atoms with Crippen molar-refractivity contribution in [2.24, 2.45) is 0 Å². The number of halogens is 3. The number of fused-ring (bicyclic) bond motifs is 1. The summed E-state index contributed by atoms with van der Waals surface area (Å²) in [4.78, 5) is 21.1. The van der Waals surface area contributed by atoms with E-state index in [0.717, 1.165) is 15.9 Å². The summed E-state index contributed by atoms with van der Waals surface area (Å²) in [6.45, 7) is -1.03. The number of amides is 1. The highest BCUT2D eigenvalue weighted by atomic mass is 35.5. The van der Waals surface area contributed by atoms with Gasteiger partial charge in [-0.2, -0.15) is 8.78 Å². The summed E-state index contributed by atoms with van der Waals surface area (Å²) in [6, 6.07) is 2.96. The maximum atomic E-state index is 13.1. The molecule has 0 saturated heterocycles. The van der Waals surface area contributed by atoms with Crippen LogP contribution in [0.4, 0.5) is 13.9 Å². The molecule has 1 N–H and O–H groups in total. The topological polar surface area (TPSA) is 78.3 Å². The molecule has 140 valence electrons. The van der Waals surface area contributed by atoms with Crippen molar-refractivity contribution in [3.63, 3.8) is 0 Å². The Morgan fingerprint density at radius 1 is 1.41 bits per heavy atom. The summed E-state index contributed by atoms with van der Waals surface area (Å²) in [5, 5.41) is 3.15. The van der Waals surface area contributed by atoms with Gasteiger partial charge in [-0.25, -0.2) is 9.97 Å². The average Bonchev–Trinajstić information content (AvgIpc) is 3.33. The third-order valence-electron chi connectivity index (χ3n) is 3.79. The molecule has 1 aromatic carbocycles. The number of ether oxygens (including phenoxy) is 2. The molecule has 1 aliphatic rings. The number of anilines is 1. The number of hydrogen-bond donors (Lipinski definition) is 1. The van der Waals surface area contributed by atoms with Gasteiger partial charge in [-0.1, -0.05) is 22.9 Å². The minimum absolute atomic E-state index is 0.0337. The van der Waals surface area contributed by atoms with Crippen molar-refractivity contribution in [1.82, 2.24) is 14.5 Å². The second kappa shape index (κ2) is 6.78. The molecule has 0 saturated carbocycles. The van der Waals surface area contributed by atoms with Gasteiger partial charge in [0.1, 0.15) is 0 Å². The molecule has 11 heteroatoms. The van der Waals surface area contributed by atoms with E-state index in [2.05, 4.69) is 15.3 Å². The van der Waals surface area contributed by atoms with E-state index in [0.29, 0.717) is 22.1 Å². The Labute approximate surface area is 160 Å². The molecule has 27 heavy (non-hydrogen) atoms. The Bertz CT molecular complexity index is 1040. The molecule has 0 spiro atoms. The predicted molar refractivity (Wildman–Crippen MR) is 94.9 cm³/mol. The van der Waals surface area contributed by atoms with E-state index in [1.807, 2.05) is 0 Å². The van der Waals surface area contributed by atoms with Gasteiger partial charge in [0.25, 0.3) is 5.91 Å². The van der Waals surface area contributed by atoms with Crippen LogP contribution in [0.15, 0.2) is 24.5 Å². The normalized spacial score (nSPS) is 12.6. The largest absolute Gasteiger partial charge is 0.454 e. The van der Waals surface area contributed by atoms with Gasteiger partial charge < -0.3 is 9.47 Å². The summed E-state index contributed by atoms with van der Waals surface area (Å²) in [7, 11) is 0. The van der Waals surface area contributed by atoms with Crippen LogP contribution in [0.2, 0.25) is 5.02 Å². The van der Waals surface area contributed by atoms with Gasteiger partial charge in [0.2, 0.25) is 6.79 Å². The number of aromatic nitrogens is 3. The van der Waals surface area contributed by atoms with E-state index >= 15 is 0 Å². The lowest BCUT2D eigenvalue weighted by Gasteiger charge is -2.05. The van der Waals surface area contributed by atoms with Crippen molar-refractivity contribution in [3.05, 3.63) is 40.8 Å². The molecule has 1 aliphatic heterocycles. The summed E-state index contributed by atoms with van der Waals surface area (Å²) < 4.78 is 37.3. The SMILES string of the molecule is Cc1nc(NC(=O)c2cc(Cl)c3c(c2)OCO3)sc1-c1nccn1C(F)F. The number of carbonyl (C=O) groups excluding carboxylic acids is 1. The zero-order valence-corrected chi connectivity index (χ0v) is 15.3. The molecule has 1 amide bonds. The zero-order chi connectivity index (χ0) is 19.1. The Morgan fingerprint density at radius 3 is 3.00 bits per heavy atom. The fraction of sp³-hybridized carbons (Fsp3) is 0.188. The first-order valence-corrected chi connectivity index (χ1v) is 8.82. The fourth-order valence-electron chi connectivity index (χ4n) is 2.57. The molecule has 2 aromatic heterocycles. The van der Waals surface area contributed by atoms with Gasteiger partial charge in [-0.05, 0) is 19.1 Å². The van der Waals surface area contributed by atoms with Crippen LogP contribution < -0.4 is 14.8 Å². The zero-order valence-electron chi connectivity index (χ0n) is 13.7. The highest BCUT2D eigenvalue weighted by Gasteiger charge is 2.23. The number of nitrogens with zero attached hydrogens (tertiary/aromatic N) is 3. The second-order valence-electron chi connectivity index (χ2n) is 5.52. The molecule has 4 rings (SSSR count). The van der Waals surface area contributed by atoms with E-state index in [9.17, 15) is 13.6 Å². The summed E-state index contributed by atoms with van der Waals surface area (Å²) in [5.74, 6) is 0.390. The Balaban J connectivity index is 1.60. The van der Waals surface area contributed by atoms with Crippen LogP contribution in [0, 0.1) is 6.92 Å². The minimum atomic E-state index is -2.72. The maximum absolute atomic E-state index is 13.1. The molecule has 0 bridgehead atoms. The number of nitrogens with one attached hydrogen (secondary N) is 1. The smallest absolute Gasteiger partial charge is 0.320 e. The van der Waals surface area contributed by atoms with Crippen LogP contribution >= 0.6 is 22.9 Å². The summed E-state index contributed by atoms with van der Waals surface area (Å²) >= 11 is 7.14. The second-order valence-corrected chi connectivity index (χ2v) is 6.92. The van der Waals surface area contributed by atoms with E-state index in [1.165, 1.54) is 24.5 Å². The van der Waals surface area contributed by atoms with E-state index < -0.39 is 12.5 Å². The van der Waals surface area contributed by atoms with E-state index in [-0.39, 0.29) is 28.3 Å². The van der Waals surface area contributed by atoms with Gasteiger partial charge in [0, 0.05) is 18.0 Å². The van der Waals surface area contributed by atoms with Gasteiger partial charge in [-0.3, -0.25) is 14.7 Å². The van der Waals surface area contributed by atoms with E-state index in [1.54, 1.807) is 6.92 Å².